The van der Waals surface area contributed by atoms with Crippen LogP contribution in [0, 0.1) is 0 Å². The summed E-state index contributed by atoms with van der Waals surface area (Å²) in [6.07, 6.45) is 0. The number of rotatable bonds is 4. The molecule has 2 aromatic rings. The molecule has 1 aromatic carbocycles. The van der Waals surface area contributed by atoms with Crippen molar-refractivity contribution in [2.24, 2.45) is 5.73 Å². The Kier molecular flexibility index (Phi) is 4.34. The number of anilines is 1. The zero-order valence-corrected chi connectivity index (χ0v) is 16.0. The van der Waals surface area contributed by atoms with E-state index in [0.717, 1.165) is 22.2 Å². The van der Waals surface area contributed by atoms with Gasteiger partial charge in [-0.25, -0.2) is 4.98 Å². The summed E-state index contributed by atoms with van der Waals surface area (Å²) >= 11 is 0. The van der Waals surface area contributed by atoms with Crippen LogP contribution in [0.3, 0.4) is 0 Å². The van der Waals surface area contributed by atoms with Gasteiger partial charge in [0.25, 0.3) is 0 Å². The summed E-state index contributed by atoms with van der Waals surface area (Å²) in [5, 5.41) is 4.38. The second kappa shape index (κ2) is 5.97. The van der Waals surface area contributed by atoms with E-state index in [1.54, 1.807) is 0 Å². The average Bonchev–Trinajstić information content (AvgIpc) is 2.72. The van der Waals surface area contributed by atoms with Gasteiger partial charge in [0.1, 0.15) is 5.82 Å². The zero-order valence-electron chi connectivity index (χ0n) is 16.0. The molecule has 1 aliphatic rings. The predicted octanol–water partition coefficient (Wildman–Crippen LogP) is 2.68. The van der Waals surface area contributed by atoms with E-state index in [9.17, 15) is 0 Å². The highest BCUT2D eigenvalue weighted by atomic mass is 16.7. The van der Waals surface area contributed by atoms with E-state index in [1.807, 2.05) is 38.1 Å². The molecule has 3 rings (SSSR count). The number of nitrogens with zero attached hydrogens (tertiary/aromatic N) is 1. The van der Waals surface area contributed by atoms with Gasteiger partial charge in [-0.15, -0.1) is 0 Å². The van der Waals surface area contributed by atoms with E-state index in [-0.39, 0.29) is 16.7 Å². The van der Waals surface area contributed by atoms with E-state index in [4.69, 9.17) is 20.0 Å². The Morgan fingerprint density at radius 3 is 2.32 bits per heavy atom. The van der Waals surface area contributed by atoms with Crippen LogP contribution in [0.15, 0.2) is 30.3 Å². The zero-order chi connectivity index (χ0) is 18.5. The largest absolute Gasteiger partial charge is 0.495 e. The van der Waals surface area contributed by atoms with Crippen molar-refractivity contribution in [3.63, 3.8) is 0 Å². The van der Waals surface area contributed by atoms with Crippen LogP contribution in [0.25, 0.3) is 10.9 Å². The third-order valence-corrected chi connectivity index (χ3v) is 4.98. The second-order valence-corrected chi connectivity index (χ2v) is 8.54. The second-order valence-electron chi connectivity index (χ2n) is 8.54. The predicted molar refractivity (Wildman–Crippen MR) is 104 cm³/mol. The van der Waals surface area contributed by atoms with Crippen LogP contribution in [0.2, 0.25) is 0 Å². The molecule has 1 fully saturated rings. The Labute approximate surface area is 150 Å². The van der Waals surface area contributed by atoms with Gasteiger partial charge in [0.05, 0.1) is 16.7 Å². The maximum Gasteiger partial charge on any atom is 0.495 e. The van der Waals surface area contributed by atoms with Crippen LogP contribution in [0.5, 0.6) is 0 Å². The minimum Gasteiger partial charge on any atom is -0.399 e. The van der Waals surface area contributed by atoms with Gasteiger partial charge in [-0.3, -0.25) is 0 Å². The van der Waals surface area contributed by atoms with Gasteiger partial charge in [-0.05, 0) is 59.1 Å². The van der Waals surface area contributed by atoms with Crippen molar-refractivity contribution in [2.45, 2.75) is 58.3 Å². The van der Waals surface area contributed by atoms with Gasteiger partial charge in [-0.1, -0.05) is 18.2 Å². The lowest BCUT2D eigenvalue weighted by Gasteiger charge is -2.32. The number of fused-ring (bicyclic) bond motifs is 1. The fourth-order valence-electron chi connectivity index (χ4n) is 2.78. The van der Waals surface area contributed by atoms with Crippen LogP contribution in [-0.4, -0.2) is 35.4 Å². The summed E-state index contributed by atoms with van der Waals surface area (Å²) in [5.74, 6) is 0.780. The van der Waals surface area contributed by atoms with E-state index >= 15 is 0 Å². The first-order valence-corrected chi connectivity index (χ1v) is 8.77. The normalized spacial score (nSPS) is 19.4. The first kappa shape index (κ1) is 18.2. The van der Waals surface area contributed by atoms with Gasteiger partial charge in [0, 0.05) is 17.5 Å². The highest BCUT2D eigenvalue weighted by molar-refractivity contribution is 6.65. The molecular formula is C19H28BN3O2. The van der Waals surface area contributed by atoms with Crippen LogP contribution >= 0.6 is 0 Å². The molecule has 0 spiro atoms. The molecule has 0 saturated carbocycles. The molecule has 2 heterocycles. The van der Waals surface area contributed by atoms with Crippen molar-refractivity contribution in [2.75, 3.05) is 11.9 Å². The fraction of sp³-hybridized carbons (Fsp3) is 0.526. The van der Waals surface area contributed by atoms with Crippen molar-refractivity contribution in [3.8, 4) is 0 Å². The quantitative estimate of drug-likeness (QED) is 0.837. The molecule has 0 radical (unpaired) electrons. The summed E-state index contributed by atoms with van der Waals surface area (Å²) in [5.41, 5.74) is 6.90. The molecule has 0 unspecified atom stereocenters. The van der Waals surface area contributed by atoms with Gasteiger partial charge in [0.15, 0.2) is 0 Å². The van der Waals surface area contributed by atoms with E-state index in [2.05, 4.69) is 39.1 Å². The maximum atomic E-state index is 6.26. The minimum atomic E-state index is -0.427. The minimum absolute atomic E-state index is 0.322. The van der Waals surface area contributed by atoms with Gasteiger partial charge < -0.3 is 20.4 Å². The molecule has 1 saturated heterocycles. The van der Waals surface area contributed by atoms with Crippen LogP contribution < -0.4 is 16.5 Å². The summed E-state index contributed by atoms with van der Waals surface area (Å²) in [6.45, 7) is 12.8. The van der Waals surface area contributed by atoms with Crippen molar-refractivity contribution < 1.29 is 9.31 Å². The van der Waals surface area contributed by atoms with E-state index in [1.165, 1.54) is 0 Å². The Balaban J connectivity index is 2.02. The number of nitrogens with one attached hydrogen (secondary N) is 1. The highest BCUT2D eigenvalue weighted by Crippen LogP contribution is 2.37. The molecule has 6 heteroatoms. The van der Waals surface area contributed by atoms with Crippen LogP contribution in [0.4, 0.5) is 5.82 Å². The molecule has 1 aliphatic heterocycles. The van der Waals surface area contributed by atoms with Crippen molar-refractivity contribution >= 4 is 29.3 Å². The molecule has 1 aromatic heterocycles. The Morgan fingerprint density at radius 1 is 1.12 bits per heavy atom. The monoisotopic (exact) mass is 341 g/mol. The number of para-hydroxylation sites is 1. The van der Waals surface area contributed by atoms with Crippen molar-refractivity contribution in [3.05, 3.63) is 30.3 Å². The molecule has 0 bridgehead atoms. The summed E-state index contributed by atoms with van der Waals surface area (Å²) in [7, 11) is -0.427. The highest BCUT2D eigenvalue weighted by Gasteiger charge is 2.52. The molecule has 134 valence electrons. The van der Waals surface area contributed by atoms with Crippen LogP contribution in [0.1, 0.15) is 41.5 Å². The molecule has 0 aliphatic carbocycles. The Bertz CT molecular complexity index is 768. The standard InChI is InChI=1S/C19H28BN3O2/c1-17(2,21)12-22-16-11-14(13-9-7-8-10-15(13)23-16)20-24-18(3,4)19(5,6)25-20/h7-11H,12,21H2,1-6H3,(H,22,23). The number of hydrogen-bond donors (Lipinski definition) is 2. The fourth-order valence-corrected chi connectivity index (χ4v) is 2.78. The number of hydrogen-bond acceptors (Lipinski definition) is 5. The van der Waals surface area contributed by atoms with E-state index in [0.29, 0.717) is 6.54 Å². The van der Waals surface area contributed by atoms with Gasteiger partial charge >= 0.3 is 7.12 Å². The first-order valence-electron chi connectivity index (χ1n) is 8.77. The number of aromatic nitrogens is 1. The molecule has 0 amide bonds. The van der Waals surface area contributed by atoms with E-state index < -0.39 is 7.12 Å². The van der Waals surface area contributed by atoms with Crippen molar-refractivity contribution in [1.82, 2.24) is 4.98 Å². The molecule has 5 nitrogen and oxygen atoms in total. The molecule has 25 heavy (non-hydrogen) atoms. The molecule has 3 N–H and O–H groups in total. The number of pyridine rings is 1. The Morgan fingerprint density at radius 2 is 1.72 bits per heavy atom. The SMILES string of the molecule is CC(C)(N)CNc1cc(B2OC(C)(C)C(C)(C)O2)c2ccccc2n1. The summed E-state index contributed by atoms with van der Waals surface area (Å²) in [4.78, 5) is 4.71. The lowest BCUT2D eigenvalue weighted by molar-refractivity contribution is 0.00578. The lowest BCUT2D eigenvalue weighted by Crippen LogP contribution is -2.41. The topological polar surface area (TPSA) is 69.4 Å². The Hall–Kier alpha value is -1.63. The van der Waals surface area contributed by atoms with Gasteiger partial charge in [-0.2, -0.15) is 0 Å². The lowest BCUT2D eigenvalue weighted by atomic mass is 9.77. The average molecular weight is 341 g/mol. The maximum absolute atomic E-state index is 6.26. The molecule has 0 atom stereocenters. The number of benzene rings is 1. The third kappa shape index (κ3) is 3.66. The number of nitrogens with two attached hydrogens (primary N) is 1. The summed E-state index contributed by atoms with van der Waals surface area (Å²) in [6, 6.07) is 10.1. The van der Waals surface area contributed by atoms with Crippen molar-refractivity contribution in [1.29, 1.82) is 0 Å². The molecular weight excluding hydrogens is 313 g/mol. The first-order chi connectivity index (χ1) is 11.5. The third-order valence-electron chi connectivity index (χ3n) is 4.98. The van der Waals surface area contributed by atoms with Gasteiger partial charge in [0.2, 0.25) is 0 Å². The van der Waals surface area contributed by atoms with Crippen LogP contribution in [-0.2, 0) is 9.31 Å². The summed E-state index contributed by atoms with van der Waals surface area (Å²) < 4.78 is 12.5. The smallest absolute Gasteiger partial charge is 0.399 e.